The van der Waals surface area contributed by atoms with Crippen LogP contribution in [0, 0.1) is 6.92 Å². The van der Waals surface area contributed by atoms with Crippen molar-refractivity contribution in [1.82, 2.24) is 19.8 Å². The van der Waals surface area contributed by atoms with E-state index in [0.29, 0.717) is 17.3 Å². The highest BCUT2D eigenvalue weighted by atomic mass is 32.2. The first-order valence-electron chi connectivity index (χ1n) is 6.35. The molecular weight excluding hydrogens is 292 g/mol. The summed E-state index contributed by atoms with van der Waals surface area (Å²) >= 11 is 0. The molecule has 0 amide bonds. The maximum absolute atomic E-state index is 12.0. The van der Waals surface area contributed by atoms with Crippen LogP contribution in [0.2, 0.25) is 0 Å². The zero-order chi connectivity index (χ0) is 14.9. The Kier molecular flexibility index (Phi) is 3.48. The number of benzene rings is 1. The Morgan fingerprint density at radius 1 is 1.33 bits per heavy atom. The van der Waals surface area contributed by atoms with Crippen molar-refractivity contribution in [3.05, 3.63) is 47.6 Å². The van der Waals surface area contributed by atoms with E-state index < -0.39 is 10.0 Å². The molecule has 8 heteroatoms. The van der Waals surface area contributed by atoms with Crippen LogP contribution in [-0.2, 0) is 22.3 Å². The molecule has 0 spiro atoms. The van der Waals surface area contributed by atoms with Crippen molar-refractivity contribution in [2.45, 2.75) is 19.2 Å². The van der Waals surface area contributed by atoms with Gasteiger partial charge in [0, 0.05) is 6.07 Å². The Balaban J connectivity index is 1.68. The third-order valence-corrected chi connectivity index (χ3v) is 4.17. The number of sulfonamides is 1. The molecule has 0 aliphatic heterocycles. The highest BCUT2D eigenvalue weighted by molar-refractivity contribution is 7.88. The quantitative estimate of drug-likeness (QED) is 0.743. The van der Waals surface area contributed by atoms with Crippen molar-refractivity contribution in [2.75, 3.05) is 0 Å². The van der Waals surface area contributed by atoms with Gasteiger partial charge < -0.3 is 9.51 Å². The lowest BCUT2D eigenvalue weighted by Crippen LogP contribution is -2.25. The maximum Gasteiger partial charge on any atom is 0.217 e. The summed E-state index contributed by atoms with van der Waals surface area (Å²) in [5.74, 6) is 0.929. The number of rotatable bonds is 5. The van der Waals surface area contributed by atoms with Crippen molar-refractivity contribution in [1.29, 1.82) is 0 Å². The molecule has 0 unspecified atom stereocenters. The van der Waals surface area contributed by atoms with E-state index in [1.165, 1.54) is 0 Å². The van der Waals surface area contributed by atoms with Crippen LogP contribution in [0.15, 0.2) is 34.9 Å². The second-order valence-corrected chi connectivity index (χ2v) is 6.52. The first kappa shape index (κ1) is 13.8. The molecule has 0 saturated heterocycles. The number of aromatic amines is 1. The molecular formula is C13H14N4O3S. The van der Waals surface area contributed by atoms with Gasteiger partial charge in [0.2, 0.25) is 10.0 Å². The Labute approximate surface area is 121 Å². The molecule has 2 N–H and O–H groups in total. The number of imidazole rings is 1. The number of H-pyrrole nitrogens is 1. The molecule has 3 rings (SSSR count). The van der Waals surface area contributed by atoms with E-state index in [9.17, 15) is 8.42 Å². The standard InChI is InChI=1S/C13H14N4O3S/c1-9-6-10(17-20-9)8-21(18,19)14-7-13-15-11-4-2-3-5-12(11)16-13/h2-6,14H,7-8H2,1H3,(H,15,16). The first-order valence-corrected chi connectivity index (χ1v) is 8.00. The fraction of sp³-hybridized carbons (Fsp3) is 0.231. The number of hydrogen-bond acceptors (Lipinski definition) is 5. The summed E-state index contributed by atoms with van der Waals surface area (Å²) in [5, 5.41) is 3.67. The summed E-state index contributed by atoms with van der Waals surface area (Å²) in [6, 6.07) is 9.12. The molecule has 110 valence electrons. The number of fused-ring (bicyclic) bond motifs is 1. The summed E-state index contributed by atoms with van der Waals surface area (Å²) in [4.78, 5) is 7.37. The van der Waals surface area contributed by atoms with E-state index in [4.69, 9.17) is 4.52 Å². The van der Waals surface area contributed by atoms with E-state index in [-0.39, 0.29) is 12.3 Å². The Morgan fingerprint density at radius 3 is 2.86 bits per heavy atom. The number of nitrogens with zero attached hydrogens (tertiary/aromatic N) is 2. The van der Waals surface area contributed by atoms with Crippen LogP contribution < -0.4 is 4.72 Å². The van der Waals surface area contributed by atoms with Crippen molar-refractivity contribution in [3.63, 3.8) is 0 Å². The molecule has 0 bridgehead atoms. The van der Waals surface area contributed by atoms with Gasteiger partial charge in [0.1, 0.15) is 23.0 Å². The van der Waals surface area contributed by atoms with Gasteiger partial charge in [-0.05, 0) is 19.1 Å². The van der Waals surface area contributed by atoms with E-state index in [1.54, 1.807) is 13.0 Å². The van der Waals surface area contributed by atoms with Gasteiger partial charge in [-0.15, -0.1) is 0 Å². The summed E-state index contributed by atoms with van der Waals surface area (Å²) in [6.07, 6.45) is 0. The van der Waals surface area contributed by atoms with Gasteiger partial charge in [-0.2, -0.15) is 0 Å². The predicted octanol–water partition coefficient (Wildman–Crippen LogP) is 1.48. The number of aromatic nitrogens is 3. The molecule has 0 aliphatic rings. The summed E-state index contributed by atoms with van der Waals surface area (Å²) in [5.41, 5.74) is 2.06. The lowest BCUT2D eigenvalue weighted by Gasteiger charge is -2.02. The Morgan fingerprint density at radius 2 is 2.14 bits per heavy atom. The molecule has 0 atom stereocenters. The van der Waals surface area contributed by atoms with Crippen LogP contribution in [0.25, 0.3) is 11.0 Å². The zero-order valence-corrected chi connectivity index (χ0v) is 12.1. The van der Waals surface area contributed by atoms with Crippen LogP contribution in [0.1, 0.15) is 17.3 Å². The fourth-order valence-corrected chi connectivity index (χ4v) is 2.98. The van der Waals surface area contributed by atoms with Crippen LogP contribution >= 0.6 is 0 Å². The van der Waals surface area contributed by atoms with Crippen molar-refractivity contribution in [3.8, 4) is 0 Å². The molecule has 7 nitrogen and oxygen atoms in total. The number of para-hydroxylation sites is 2. The second-order valence-electron chi connectivity index (χ2n) is 4.71. The van der Waals surface area contributed by atoms with Crippen LogP contribution in [0.5, 0.6) is 0 Å². The molecule has 3 aromatic rings. The molecule has 1 aromatic carbocycles. The monoisotopic (exact) mass is 306 g/mol. The maximum atomic E-state index is 12.0. The van der Waals surface area contributed by atoms with Gasteiger partial charge in [-0.1, -0.05) is 17.3 Å². The highest BCUT2D eigenvalue weighted by Crippen LogP contribution is 2.11. The van der Waals surface area contributed by atoms with Gasteiger partial charge in [-0.25, -0.2) is 18.1 Å². The van der Waals surface area contributed by atoms with Crippen LogP contribution in [-0.4, -0.2) is 23.5 Å². The minimum atomic E-state index is -3.49. The van der Waals surface area contributed by atoms with Crippen LogP contribution in [0.3, 0.4) is 0 Å². The normalized spacial score (nSPS) is 12.0. The van der Waals surface area contributed by atoms with Gasteiger partial charge in [0.15, 0.2) is 0 Å². The summed E-state index contributed by atoms with van der Waals surface area (Å²) < 4.78 is 31.3. The number of aryl methyl sites for hydroxylation is 1. The zero-order valence-electron chi connectivity index (χ0n) is 11.3. The number of hydrogen-bond donors (Lipinski definition) is 2. The van der Waals surface area contributed by atoms with E-state index in [0.717, 1.165) is 11.0 Å². The third-order valence-electron chi connectivity index (χ3n) is 2.91. The first-order chi connectivity index (χ1) is 10.0. The molecule has 0 saturated carbocycles. The SMILES string of the molecule is Cc1cc(CS(=O)(=O)NCc2nc3ccccc3[nH]2)no1. The Bertz CT molecular complexity index is 833. The van der Waals surface area contributed by atoms with E-state index >= 15 is 0 Å². The van der Waals surface area contributed by atoms with Gasteiger partial charge >= 0.3 is 0 Å². The average Bonchev–Trinajstić information content (AvgIpc) is 3.02. The van der Waals surface area contributed by atoms with Gasteiger partial charge in [0.05, 0.1) is 17.6 Å². The van der Waals surface area contributed by atoms with Crippen molar-refractivity contribution >= 4 is 21.1 Å². The lowest BCUT2D eigenvalue weighted by atomic mass is 10.3. The van der Waals surface area contributed by atoms with Gasteiger partial charge in [-0.3, -0.25) is 0 Å². The highest BCUT2D eigenvalue weighted by Gasteiger charge is 2.15. The average molecular weight is 306 g/mol. The molecule has 21 heavy (non-hydrogen) atoms. The molecule has 2 heterocycles. The minimum Gasteiger partial charge on any atom is -0.361 e. The largest absolute Gasteiger partial charge is 0.361 e. The second kappa shape index (κ2) is 5.30. The summed E-state index contributed by atoms with van der Waals surface area (Å²) in [7, 11) is -3.49. The van der Waals surface area contributed by atoms with E-state index in [2.05, 4.69) is 19.8 Å². The van der Waals surface area contributed by atoms with Gasteiger partial charge in [0.25, 0.3) is 0 Å². The smallest absolute Gasteiger partial charge is 0.217 e. The van der Waals surface area contributed by atoms with E-state index in [1.807, 2.05) is 24.3 Å². The summed E-state index contributed by atoms with van der Waals surface area (Å²) in [6.45, 7) is 1.82. The Hall–Kier alpha value is -2.19. The predicted molar refractivity (Wildman–Crippen MR) is 76.8 cm³/mol. The van der Waals surface area contributed by atoms with Crippen LogP contribution in [0.4, 0.5) is 0 Å². The minimum absolute atomic E-state index is 0.105. The lowest BCUT2D eigenvalue weighted by molar-refractivity contribution is 0.392. The fourth-order valence-electron chi connectivity index (χ4n) is 2.00. The van der Waals surface area contributed by atoms with Crippen molar-refractivity contribution in [2.24, 2.45) is 0 Å². The molecule has 0 radical (unpaired) electrons. The number of nitrogens with one attached hydrogen (secondary N) is 2. The topological polar surface area (TPSA) is 101 Å². The molecule has 0 fully saturated rings. The third kappa shape index (κ3) is 3.29. The molecule has 2 aromatic heterocycles. The molecule has 0 aliphatic carbocycles. The van der Waals surface area contributed by atoms with Crippen molar-refractivity contribution < 1.29 is 12.9 Å².